The van der Waals surface area contributed by atoms with Crippen LogP contribution in [0.4, 0.5) is 0 Å². The molecular formula is C19H25N2O. The Bertz CT molecular complexity index is 601. The van der Waals surface area contributed by atoms with Crippen molar-refractivity contribution in [3.8, 4) is 11.4 Å². The number of nitrogens with zero attached hydrogens (tertiary/aromatic N) is 2. The summed E-state index contributed by atoms with van der Waals surface area (Å²) >= 11 is 0. The minimum atomic E-state index is 0.166. The van der Waals surface area contributed by atoms with E-state index in [0.717, 1.165) is 17.9 Å². The van der Waals surface area contributed by atoms with Crippen molar-refractivity contribution < 1.29 is 4.52 Å². The monoisotopic (exact) mass is 297 g/mol. The Hall–Kier alpha value is -1.64. The maximum absolute atomic E-state index is 5.45. The van der Waals surface area contributed by atoms with Crippen molar-refractivity contribution in [3.63, 3.8) is 0 Å². The molecule has 0 spiro atoms. The Morgan fingerprint density at radius 1 is 1.09 bits per heavy atom. The second-order valence-corrected chi connectivity index (χ2v) is 7.35. The van der Waals surface area contributed by atoms with Crippen molar-refractivity contribution >= 4 is 0 Å². The van der Waals surface area contributed by atoms with Crippen LogP contribution in [0.1, 0.15) is 57.9 Å². The highest BCUT2D eigenvalue weighted by Crippen LogP contribution is 2.27. The van der Waals surface area contributed by atoms with Gasteiger partial charge in [0.1, 0.15) is 0 Å². The summed E-state index contributed by atoms with van der Waals surface area (Å²) in [6, 6.07) is 8.49. The van der Waals surface area contributed by atoms with Crippen LogP contribution in [0.15, 0.2) is 28.8 Å². The summed E-state index contributed by atoms with van der Waals surface area (Å²) in [6.07, 6.45) is 8.24. The van der Waals surface area contributed by atoms with Crippen molar-refractivity contribution in [1.29, 1.82) is 0 Å². The molecule has 1 aromatic carbocycles. The van der Waals surface area contributed by atoms with Gasteiger partial charge in [-0.3, -0.25) is 0 Å². The standard InChI is InChI=1S/C19H25N2O/c1-19(2,3)16-11-9-15(10-12-16)18-20-17(22-21-18)13-14-7-5-4-6-8-14/h4,9-12,14H,5-8,13H2,1-3H3. The third kappa shape index (κ3) is 3.57. The lowest BCUT2D eigenvalue weighted by Crippen LogP contribution is -2.10. The van der Waals surface area contributed by atoms with Crippen LogP contribution in [0.3, 0.4) is 0 Å². The molecule has 1 radical (unpaired) electrons. The van der Waals surface area contributed by atoms with Crippen molar-refractivity contribution in [2.75, 3.05) is 0 Å². The molecular weight excluding hydrogens is 272 g/mol. The van der Waals surface area contributed by atoms with E-state index in [0.29, 0.717) is 11.7 Å². The van der Waals surface area contributed by atoms with E-state index < -0.39 is 0 Å². The molecule has 2 aromatic rings. The van der Waals surface area contributed by atoms with Gasteiger partial charge in [0.05, 0.1) is 0 Å². The first-order chi connectivity index (χ1) is 10.5. The zero-order chi connectivity index (χ0) is 15.6. The van der Waals surface area contributed by atoms with Gasteiger partial charge in [-0.25, -0.2) is 0 Å². The maximum atomic E-state index is 5.45. The van der Waals surface area contributed by atoms with E-state index in [2.05, 4.69) is 61.6 Å². The number of hydrogen-bond acceptors (Lipinski definition) is 3. The van der Waals surface area contributed by atoms with Crippen LogP contribution in [0, 0.1) is 12.3 Å². The Labute approximate surface area is 133 Å². The molecule has 22 heavy (non-hydrogen) atoms. The van der Waals surface area contributed by atoms with Gasteiger partial charge in [0.25, 0.3) is 0 Å². The van der Waals surface area contributed by atoms with E-state index in [1.165, 1.54) is 31.2 Å². The van der Waals surface area contributed by atoms with Crippen molar-refractivity contribution in [1.82, 2.24) is 10.1 Å². The quantitative estimate of drug-likeness (QED) is 0.802. The molecule has 0 unspecified atom stereocenters. The van der Waals surface area contributed by atoms with Gasteiger partial charge in [-0.05, 0) is 49.0 Å². The molecule has 1 saturated carbocycles. The smallest absolute Gasteiger partial charge is 0.227 e. The van der Waals surface area contributed by atoms with E-state index in [1.54, 1.807) is 0 Å². The van der Waals surface area contributed by atoms with Crippen LogP contribution in [-0.2, 0) is 11.8 Å². The number of aromatic nitrogens is 2. The summed E-state index contributed by atoms with van der Waals surface area (Å²) in [6.45, 7) is 6.65. The van der Waals surface area contributed by atoms with Crippen LogP contribution in [0.2, 0.25) is 0 Å². The minimum Gasteiger partial charge on any atom is -0.339 e. The fraction of sp³-hybridized carbons (Fsp3) is 0.526. The number of benzene rings is 1. The maximum Gasteiger partial charge on any atom is 0.227 e. The fourth-order valence-electron chi connectivity index (χ4n) is 3.02. The summed E-state index contributed by atoms with van der Waals surface area (Å²) in [7, 11) is 0. The van der Waals surface area contributed by atoms with E-state index in [-0.39, 0.29) is 5.41 Å². The third-order valence-corrected chi connectivity index (χ3v) is 4.50. The van der Waals surface area contributed by atoms with Crippen molar-refractivity contribution in [3.05, 3.63) is 42.1 Å². The van der Waals surface area contributed by atoms with Crippen molar-refractivity contribution in [2.45, 2.75) is 58.3 Å². The van der Waals surface area contributed by atoms with E-state index in [4.69, 9.17) is 4.52 Å². The lowest BCUT2D eigenvalue weighted by Gasteiger charge is -2.19. The summed E-state index contributed by atoms with van der Waals surface area (Å²) < 4.78 is 5.45. The Balaban J connectivity index is 1.70. The van der Waals surface area contributed by atoms with Crippen LogP contribution >= 0.6 is 0 Å². The SMILES string of the molecule is CC(C)(C)c1ccc(-c2noc(CC3CC[CH]CC3)n2)cc1. The molecule has 0 atom stereocenters. The number of rotatable bonds is 3. The first-order valence-corrected chi connectivity index (χ1v) is 8.27. The van der Waals surface area contributed by atoms with Crippen molar-refractivity contribution in [2.24, 2.45) is 5.92 Å². The molecule has 1 aromatic heterocycles. The lowest BCUT2D eigenvalue weighted by atomic mass is 9.86. The first-order valence-electron chi connectivity index (χ1n) is 8.27. The Morgan fingerprint density at radius 3 is 2.41 bits per heavy atom. The summed E-state index contributed by atoms with van der Waals surface area (Å²) in [5.41, 5.74) is 2.51. The van der Waals surface area contributed by atoms with Gasteiger partial charge in [0.15, 0.2) is 0 Å². The third-order valence-electron chi connectivity index (χ3n) is 4.50. The second-order valence-electron chi connectivity index (χ2n) is 7.35. The molecule has 0 amide bonds. The highest BCUT2D eigenvalue weighted by Gasteiger charge is 2.18. The molecule has 1 fully saturated rings. The molecule has 0 bridgehead atoms. The average Bonchev–Trinajstić information content (AvgIpc) is 2.96. The average molecular weight is 297 g/mol. The molecule has 0 aliphatic heterocycles. The zero-order valence-electron chi connectivity index (χ0n) is 13.8. The molecule has 3 rings (SSSR count). The Kier molecular flexibility index (Phi) is 4.32. The summed E-state index contributed by atoms with van der Waals surface area (Å²) in [5, 5.41) is 4.15. The van der Waals surface area contributed by atoms with Crippen LogP contribution in [0.5, 0.6) is 0 Å². The molecule has 0 saturated heterocycles. The van der Waals surface area contributed by atoms with Gasteiger partial charge in [0.2, 0.25) is 11.7 Å². The minimum absolute atomic E-state index is 0.166. The summed E-state index contributed by atoms with van der Waals surface area (Å²) in [4.78, 5) is 4.58. The molecule has 1 aliphatic carbocycles. The predicted molar refractivity (Wildman–Crippen MR) is 88.4 cm³/mol. The van der Waals surface area contributed by atoms with Gasteiger partial charge in [-0.2, -0.15) is 4.98 Å². The van der Waals surface area contributed by atoms with Gasteiger partial charge in [-0.15, -0.1) is 0 Å². The van der Waals surface area contributed by atoms with Gasteiger partial charge >= 0.3 is 0 Å². The van der Waals surface area contributed by atoms with Crippen LogP contribution in [-0.4, -0.2) is 10.1 Å². The molecule has 1 aliphatic rings. The van der Waals surface area contributed by atoms with E-state index in [9.17, 15) is 0 Å². The molecule has 0 N–H and O–H groups in total. The molecule has 3 heteroatoms. The predicted octanol–water partition coefficient (Wildman–Crippen LogP) is 4.97. The number of hydrogen-bond donors (Lipinski definition) is 0. The van der Waals surface area contributed by atoms with E-state index >= 15 is 0 Å². The highest BCUT2D eigenvalue weighted by atomic mass is 16.5. The molecule has 1 heterocycles. The van der Waals surface area contributed by atoms with Gasteiger partial charge in [0, 0.05) is 12.0 Å². The highest BCUT2D eigenvalue weighted by molar-refractivity contribution is 5.55. The topological polar surface area (TPSA) is 38.9 Å². The van der Waals surface area contributed by atoms with Gasteiger partial charge < -0.3 is 4.52 Å². The zero-order valence-corrected chi connectivity index (χ0v) is 13.8. The summed E-state index contributed by atoms with van der Waals surface area (Å²) in [5.74, 6) is 2.18. The largest absolute Gasteiger partial charge is 0.339 e. The van der Waals surface area contributed by atoms with E-state index in [1.807, 2.05) is 0 Å². The first kappa shape index (κ1) is 15.3. The molecule has 3 nitrogen and oxygen atoms in total. The normalized spacial score (nSPS) is 16.9. The van der Waals surface area contributed by atoms with Crippen LogP contribution < -0.4 is 0 Å². The van der Waals surface area contributed by atoms with Gasteiger partial charge in [-0.1, -0.05) is 50.2 Å². The molecule has 117 valence electrons. The Morgan fingerprint density at radius 2 is 1.77 bits per heavy atom. The fourth-order valence-corrected chi connectivity index (χ4v) is 3.02. The second kappa shape index (κ2) is 6.23. The lowest BCUT2D eigenvalue weighted by molar-refractivity contribution is 0.324. The van der Waals surface area contributed by atoms with Crippen LogP contribution in [0.25, 0.3) is 11.4 Å².